The monoisotopic (exact) mass is 304 g/mol. The average Bonchev–Trinajstić information content (AvgIpc) is 2.52. The lowest BCUT2D eigenvalue weighted by Crippen LogP contribution is -2.09. The molecule has 0 bridgehead atoms. The van der Waals surface area contributed by atoms with E-state index in [9.17, 15) is 13.2 Å². The largest absolute Gasteiger partial charge is 0.497 e. The number of rotatable bonds is 4. The molecule has 4 heteroatoms. The van der Waals surface area contributed by atoms with E-state index in [0.717, 1.165) is 12.2 Å². The lowest BCUT2D eigenvalue weighted by molar-refractivity contribution is -0.0872. The summed E-state index contributed by atoms with van der Waals surface area (Å²) in [6.45, 7) is 0. The predicted molar refractivity (Wildman–Crippen MR) is 82.5 cm³/mol. The Labute approximate surface area is 127 Å². The second kappa shape index (κ2) is 6.98. The van der Waals surface area contributed by atoms with Crippen LogP contribution in [0.3, 0.4) is 0 Å². The third kappa shape index (κ3) is 4.52. The van der Waals surface area contributed by atoms with Gasteiger partial charge in [0.25, 0.3) is 0 Å². The molecule has 2 aromatic carbocycles. The summed E-state index contributed by atoms with van der Waals surface area (Å²) in [6, 6.07) is 15.2. The van der Waals surface area contributed by atoms with Crippen molar-refractivity contribution in [1.29, 1.82) is 0 Å². The van der Waals surface area contributed by atoms with E-state index in [0.29, 0.717) is 16.9 Å². The number of allylic oxidation sites excluding steroid dienone is 2. The molecule has 2 aromatic rings. The van der Waals surface area contributed by atoms with Gasteiger partial charge in [0.05, 0.1) is 12.7 Å². The lowest BCUT2D eigenvalue weighted by Gasteiger charge is -2.08. The Hall–Kier alpha value is -2.49. The lowest BCUT2D eigenvalue weighted by atomic mass is 10.1. The van der Waals surface area contributed by atoms with Gasteiger partial charge in [-0.05, 0) is 35.4 Å². The van der Waals surface area contributed by atoms with Crippen LogP contribution < -0.4 is 4.74 Å². The molecule has 0 radical (unpaired) electrons. The summed E-state index contributed by atoms with van der Waals surface area (Å²) in [6.07, 6.45) is -0.769. The van der Waals surface area contributed by atoms with Crippen molar-refractivity contribution in [3.05, 3.63) is 77.4 Å². The van der Waals surface area contributed by atoms with Crippen LogP contribution in [0.2, 0.25) is 0 Å². The van der Waals surface area contributed by atoms with E-state index < -0.39 is 11.7 Å². The molecule has 0 atom stereocenters. The number of benzene rings is 2. The zero-order chi connectivity index (χ0) is 16.0. The van der Waals surface area contributed by atoms with Crippen LogP contribution in [0.15, 0.2) is 66.2 Å². The van der Waals surface area contributed by atoms with E-state index >= 15 is 0 Å². The summed E-state index contributed by atoms with van der Waals surface area (Å²) >= 11 is 0. The van der Waals surface area contributed by atoms with Gasteiger partial charge in [-0.2, -0.15) is 13.2 Å². The fraction of sp³-hybridized carbons (Fsp3) is 0.111. The minimum atomic E-state index is -4.40. The minimum Gasteiger partial charge on any atom is -0.497 e. The van der Waals surface area contributed by atoms with Crippen molar-refractivity contribution in [1.82, 2.24) is 0 Å². The molecule has 0 aromatic heterocycles. The SMILES string of the molecule is COc1ccc(/C=C/C(=C\c2ccccc2)C(F)(F)F)cc1. The molecular formula is C18H15F3O. The molecule has 0 saturated carbocycles. The molecule has 0 aliphatic rings. The molecule has 22 heavy (non-hydrogen) atoms. The van der Waals surface area contributed by atoms with Crippen molar-refractivity contribution in [2.24, 2.45) is 0 Å². The van der Waals surface area contributed by atoms with Crippen LogP contribution in [0.5, 0.6) is 5.75 Å². The number of hydrogen-bond acceptors (Lipinski definition) is 1. The Morgan fingerprint density at radius 1 is 0.909 bits per heavy atom. The van der Waals surface area contributed by atoms with E-state index in [1.165, 1.54) is 13.2 Å². The van der Waals surface area contributed by atoms with Crippen molar-refractivity contribution in [3.63, 3.8) is 0 Å². The molecule has 0 heterocycles. The Bertz CT molecular complexity index is 653. The summed E-state index contributed by atoms with van der Waals surface area (Å²) in [5, 5.41) is 0. The highest BCUT2D eigenvalue weighted by Crippen LogP contribution is 2.29. The van der Waals surface area contributed by atoms with Crippen LogP contribution in [0, 0.1) is 0 Å². The summed E-state index contributed by atoms with van der Waals surface area (Å²) in [5.74, 6) is 0.660. The molecule has 0 spiro atoms. The fourth-order valence-corrected chi connectivity index (χ4v) is 1.85. The van der Waals surface area contributed by atoms with Crippen LogP contribution in [0.25, 0.3) is 12.2 Å². The Morgan fingerprint density at radius 2 is 1.55 bits per heavy atom. The van der Waals surface area contributed by atoms with Gasteiger partial charge in [-0.15, -0.1) is 0 Å². The van der Waals surface area contributed by atoms with Crippen molar-refractivity contribution < 1.29 is 17.9 Å². The van der Waals surface area contributed by atoms with Crippen molar-refractivity contribution >= 4 is 12.2 Å². The van der Waals surface area contributed by atoms with Crippen LogP contribution in [0.4, 0.5) is 13.2 Å². The number of methoxy groups -OCH3 is 1. The Morgan fingerprint density at radius 3 is 2.09 bits per heavy atom. The summed E-state index contributed by atoms with van der Waals surface area (Å²) in [5.41, 5.74) is 0.479. The molecule has 0 fully saturated rings. The van der Waals surface area contributed by atoms with Gasteiger partial charge in [0, 0.05) is 0 Å². The van der Waals surface area contributed by atoms with E-state index in [1.807, 2.05) is 0 Å². The average molecular weight is 304 g/mol. The molecule has 0 unspecified atom stereocenters. The highest BCUT2D eigenvalue weighted by atomic mass is 19.4. The topological polar surface area (TPSA) is 9.23 Å². The van der Waals surface area contributed by atoms with E-state index in [2.05, 4.69) is 0 Å². The van der Waals surface area contributed by atoms with Gasteiger partial charge in [-0.25, -0.2) is 0 Å². The first kappa shape index (κ1) is 15.9. The smallest absolute Gasteiger partial charge is 0.416 e. The zero-order valence-electron chi connectivity index (χ0n) is 12.0. The second-order valence-corrected chi connectivity index (χ2v) is 4.61. The zero-order valence-corrected chi connectivity index (χ0v) is 12.0. The van der Waals surface area contributed by atoms with Crippen LogP contribution in [0.1, 0.15) is 11.1 Å². The normalized spacial score (nSPS) is 12.6. The van der Waals surface area contributed by atoms with E-state index in [4.69, 9.17) is 4.74 Å². The van der Waals surface area contributed by atoms with Gasteiger partial charge in [0.1, 0.15) is 5.75 Å². The van der Waals surface area contributed by atoms with Crippen molar-refractivity contribution in [2.45, 2.75) is 6.18 Å². The maximum Gasteiger partial charge on any atom is 0.416 e. The quantitative estimate of drug-likeness (QED) is 0.691. The van der Waals surface area contributed by atoms with Crippen molar-refractivity contribution in [2.75, 3.05) is 7.11 Å². The van der Waals surface area contributed by atoms with Gasteiger partial charge in [0.15, 0.2) is 0 Å². The van der Waals surface area contributed by atoms with Gasteiger partial charge in [0.2, 0.25) is 0 Å². The highest BCUT2D eigenvalue weighted by molar-refractivity contribution is 5.63. The molecule has 0 aliphatic carbocycles. The van der Waals surface area contributed by atoms with E-state index in [-0.39, 0.29) is 0 Å². The molecule has 114 valence electrons. The first-order valence-electron chi connectivity index (χ1n) is 6.65. The number of ether oxygens (including phenoxy) is 1. The number of halogens is 3. The first-order valence-corrected chi connectivity index (χ1v) is 6.65. The maximum absolute atomic E-state index is 13.1. The molecule has 0 amide bonds. The number of hydrogen-bond donors (Lipinski definition) is 0. The minimum absolute atomic E-state index is 0.509. The third-order valence-electron chi connectivity index (χ3n) is 3.02. The molecule has 0 N–H and O–H groups in total. The molecule has 2 rings (SSSR count). The Kier molecular flexibility index (Phi) is 5.04. The number of alkyl halides is 3. The van der Waals surface area contributed by atoms with E-state index in [1.54, 1.807) is 54.6 Å². The second-order valence-electron chi connectivity index (χ2n) is 4.61. The molecular weight excluding hydrogens is 289 g/mol. The Balaban J connectivity index is 2.27. The van der Waals surface area contributed by atoms with Crippen LogP contribution in [-0.4, -0.2) is 13.3 Å². The van der Waals surface area contributed by atoms with Crippen LogP contribution in [-0.2, 0) is 0 Å². The first-order chi connectivity index (χ1) is 10.5. The standard InChI is InChI=1S/C18H15F3O/c1-22-17-11-8-14(9-12-17)7-10-16(18(19,20)21)13-15-5-3-2-4-6-15/h2-13H,1H3/b10-7+,16-13+. The fourth-order valence-electron chi connectivity index (χ4n) is 1.85. The maximum atomic E-state index is 13.1. The summed E-state index contributed by atoms with van der Waals surface area (Å²) in [4.78, 5) is 0. The third-order valence-corrected chi connectivity index (χ3v) is 3.02. The van der Waals surface area contributed by atoms with Crippen molar-refractivity contribution in [3.8, 4) is 5.75 Å². The summed E-state index contributed by atoms with van der Waals surface area (Å²) < 4.78 is 44.3. The predicted octanol–water partition coefficient (Wildman–Crippen LogP) is 5.35. The van der Waals surface area contributed by atoms with Gasteiger partial charge < -0.3 is 4.74 Å². The van der Waals surface area contributed by atoms with Gasteiger partial charge >= 0.3 is 6.18 Å². The summed E-state index contributed by atoms with van der Waals surface area (Å²) in [7, 11) is 1.54. The highest BCUT2D eigenvalue weighted by Gasteiger charge is 2.31. The molecule has 0 aliphatic heterocycles. The molecule has 0 saturated heterocycles. The van der Waals surface area contributed by atoms with Crippen LogP contribution >= 0.6 is 0 Å². The van der Waals surface area contributed by atoms with Gasteiger partial charge in [-0.1, -0.05) is 48.5 Å². The molecule has 1 nitrogen and oxygen atoms in total. The van der Waals surface area contributed by atoms with Gasteiger partial charge in [-0.3, -0.25) is 0 Å².